The number of hydrogen-bond acceptors (Lipinski definition) is 4. The standard InChI is InChI=1S/C38H36F2O4/c1-3-10-28-15-19-31(20-16-28)33-25-26-34(38(40)37(33)39)44-36(42)12-9-7-5-6-8-11-35(41)43-32-23-21-30(22-24-32)29-17-13-27(4-2)14-18-29/h2,13-26H,3,5-12H2,1H3. The van der Waals surface area contributed by atoms with Crippen LogP contribution in [0.1, 0.15) is 69.4 Å². The summed E-state index contributed by atoms with van der Waals surface area (Å²) in [6.45, 7) is 2.08. The SMILES string of the molecule is C#Cc1ccc(-c2ccc(OC(=O)CCCCCCCC(=O)Oc3ccc(-c4ccc(CCC)cc4)c(F)c3F)cc2)cc1. The first-order valence-corrected chi connectivity index (χ1v) is 15.0. The Balaban J connectivity index is 1.11. The van der Waals surface area contributed by atoms with E-state index in [0.717, 1.165) is 54.4 Å². The van der Waals surface area contributed by atoms with E-state index in [4.69, 9.17) is 15.9 Å². The molecule has 44 heavy (non-hydrogen) atoms. The molecule has 0 saturated carbocycles. The highest BCUT2D eigenvalue weighted by molar-refractivity contribution is 5.74. The zero-order chi connectivity index (χ0) is 31.3. The minimum Gasteiger partial charge on any atom is -0.427 e. The highest BCUT2D eigenvalue weighted by Crippen LogP contribution is 2.30. The van der Waals surface area contributed by atoms with E-state index in [1.807, 2.05) is 48.5 Å². The van der Waals surface area contributed by atoms with Gasteiger partial charge in [0.25, 0.3) is 0 Å². The Morgan fingerprint density at radius 1 is 0.659 bits per heavy atom. The van der Waals surface area contributed by atoms with E-state index >= 15 is 0 Å². The van der Waals surface area contributed by atoms with Gasteiger partial charge in [0.05, 0.1) is 0 Å². The number of unbranched alkanes of at least 4 members (excludes halogenated alkanes) is 4. The third-order valence-corrected chi connectivity index (χ3v) is 7.31. The van der Waals surface area contributed by atoms with Crippen molar-refractivity contribution in [3.05, 3.63) is 108 Å². The number of rotatable bonds is 14. The van der Waals surface area contributed by atoms with E-state index < -0.39 is 23.4 Å². The lowest BCUT2D eigenvalue weighted by molar-refractivity contribution is -0.135. The monoisotopic (exact) mass is 594 g/mol. The highest BCUT2D eigenvalue weighted by atomic mass is 19.2. The Morgan fingerprint density at radius 2 is 1.20 bits per heavy atom. The van der Waals surface area contributed by atoms with Gasteiger partial charge < -0.3 is 9.47 Å². The summed E-state index contributed by atoms with van der Waals surface area (Å²) in [4.78, 5) is 24.5. The van der Waals surface area contributed by atoms with Gasteiger partial charge in [-0.25, -0.2) is 4.39 Å². The molecule has 0 saturated heterocycles. The lowest BCUT2D eigenvalue weighted by atomic mass is 10.0. The summed E-state index contributed by atoms with van der Waals surface area (Å²) in [5.74, 6) is -0.452. The molecule has 0 aliphatic heterocycles. The minimum absolute atomic E-state index is 0.0911. The molecule has 4 aromatic rings. The fraction of sp³-hybridized carbons (Fsp3) is 0.263. The van der Waals surface area contributed by atoms with E-state index in [9.17, 15) is 18.4 Å². The maximum atomic E-state index is 14.7. The third-order valence-electron chi connectivity index (χ3n) is 7.31. The maximum Gasteiger partial charge on any atom is 0.311 e. The predicted octanol–water partition coefficient (Wildman–Crippen LogP) is 9.47. The van der Waals surface area contributed by atoms with Gasteiger partial charge >= 0.3 is 11.9 Å². The van der Waals surface area contributed by atoms with Gasteiger partial charge in [0.2, 0.25) is 5.82 Å². The Morgan fingerprint density at radius 3 is 1.80 bits per heavy atom. The zero-order valence-corrected chi connectivity index (χ0v) is 24.9. The number of ether oxygens (including phenoxy) is 2. The Hall–Kier alpha value is -4.76. The molecular weight excluding hydrogens is 558 g/mol. The molecule has 0 atom stereocenters. The molecule has 0 aromatic heterocycles. The third kappa shape index (κ3) is 9.12. The number of carbonyl (C=O) groups excluding carboxylic acids is 2. The number of esters is 2. The second kappa shape index (κ2) is 16.2. The molecule has 0 unspecified atom stereocenters. The lowest BCUT2D eigenvalue weighted by Gasteiger charge is -2.10. The number of halogens is 2. The van der Waals surface area contributed by atoms with Gasteiger partial charge in [-0.1, -0.05) is 87.1 Å². The van der Waals surface area contributed by atoms with Crippen LogP contribution >= 0.6 is 0 Å². The Labute approximate surface area is 258 Å². The molecule has 6 heteroatoms. The lowest BCUT2D eigenvalue weighted by Crippen LogP contribution is -2.09. The molecule has 0 N–H and O–H groups in total. The topological polar surface area (TPSA) is 52.6 Å². The number of carbonyl (C=O) groups is 2. The first-order chi connectivity index (χ1) is 21.4. The van der Waals surface area contributed by atoms with Crippen molar-refractivity contribution >= 4 is 11.9 Å². The van der Waals surface area contributed by atoms with E-state index in [2.05, 4.69) is 12.8 Å². The number of terminal acetylenes is 1. The molecule has 0 fully saturated rings. The van der Waals surface area contributed by atoms with Crippen molar-refractivity contribution in [1.82, 2.24) is 0 Å². The van der Waals surface area contributed by atoms with Crippen molar-refractivity contribution in [3.63, 3.8) is 0 Å². The van der Waals surface area contributed by atoms with Crippen molar-refractivity contribution in [1.29, 1.82) is 0 Å². The molecule has 226 valence electrons. The summed E-state index contributed by atoms with van der Waals surface area (Å²) in [6, 6.07) is 25.0. The van der Waals surface area contributed by atoms with Crippen molar-refractivity contribution < 1.29 is 27.8 Å². The maximum absolute atomic E-state index is 14.7. The first-order valence-electron chi connectivity index (χ1n) is 15.0. The minimum atomic E-state index is -1.17. The molecule has 4 nitrogen and oxygen atoms in total. The summed E-state index contributed by atoms with van der Waals surface area (Å²) < 4.78 is 39.9. The van der Waals surface area contributed by atoms with Crippen molar-refractivity contribution in [3.8, 4) is 46.1 Å². The molecule has 0 aliphatic carbocycles. The zero-order valence-electron chi connectivity index (χ0n) is 24.9. The number of aryl methyl sites for hydroxylation is 1. The van der Waals surface area contributed by atoms with Crippen LogP contribution in [-0.2, 0) is 16.0 Å². The molecular formula is C38H36F2O4. The summed E-state index contributed by atoms with van der Waals surface area (Å²) >= 11 is 0. The van der Waals surface area contributed by atoms with Crippen LogP contribution < -0.4 is 9.47 Å². The molecule has 0 amide bonds. The van der Waals surface area contributed by atoms with Crippen LogP contribution in [0.2, 0.25) is 0 Å². The molecule has 4 rings (SSSR count). The van der Waals surface area contributed by atoms with Crippen LogP contribution in [-0.4, -0.2) is 11.9 Å². The van der Waals surface area contributed by atoms with Crippen LogP contribution in [0.3, 0.4) is 0 Å². The first kappa shape index (κ1) is 32.2. The average Bonchev–Trinajstić information content (AvgIpc) is 3.04. The number of benzene rings is 4. The summed E-state index contributed by atoms with van der Waals surface area (Å²) in [5.41, 5.74) is 4.65. The second-order valence-electron chi connectivity index (χ2n) is 10.6. The molecule has 0 aliphatic rings. The quantitative estimate of drug-likeness (QED) is 0.0632. The van der Waals surface area contributed by atoms with E-state index in [-0.39, 0.29) is 18.0 Å². The molecule has 0 bridgehead atoms. The fourth-order valence-electron chi connectivity index (χ4n) is 4.87. The van der Waals surface area contributed by atoms with Crippen LogP contribution in [0.15, 0.2) is 84.9 Å². The van der Waals surface area contributed by atoms with Gasteiger partial charge in [-0.05, 0) is 77.9 Å². The van der Waals surface area contributed by atoms with Crippen molar-refractivity contribution in [2.24, 2.45) is 0 Å². The van der Waals surface area contributed by atoms with E-state index in [1.54, 1.807) is 24.3 Å². The smallest absolute Gasteiger partial charge is 0.311 e. The van der Waals surface area contributed by atoms with E-state index in [1.165, 1.54) is 12.1 Å². The normalized spacial score (nSPS) is 10.7. The van der Waals surface area contributed by atoms with Crippen LogP contribution in [0, 0.1) is 24.0 Å². The van der Waals surface area contributed by atoms with Crippen molar-refractivity contribution in [2.45, 2.75) is 64.7 Å². The van der Waals surface area contributed by atoms with Gasteiger partial charge in [0.15, 0.2) is 11.6 Å². The summed E-state index contributed by atoms with van der Waals surface area (Å²) in [5, 5.41) is 0. The molecule has 0 radical (unpaired) electrons. The van der Waals surface area contributed by atoms with Crippen LogP contribution in [0.5, 0.6) is 11.5 Å². The Bertz CT molecular complexity index is 1580. The largest absolute Gasteiger partial charge is 0.427 e. The summed E-state index contributed by atoms with van der Waals surface area (Å²) in [6.07, 6.45) is 11.3. The average molecular weight is 595 g/mol. The molecule has 4 aromatic carbocycles. The van der Waals surface area contributed by atoms with Gasteiger partial charge in [0.1, 0.15) is 5.75 Å². The van der Waals surface area contributed by atoms with Crippen LogP contribution in [0.4, 0.5) is 8.78 Å². The van der Waals surface area contributed by atoms with Gasteiger partial charge in [0, 0.05) is 24.0 Å². The molecule has 0 heterocycles. The highest BCUT2D eigenvalue weighted by Gasteiger charge is 2.18. The van der Waals surface area contributed by atoms with Crippen molar-refractivity contribution in [2.75, 3.05) is 0 Å². The van der Waals surface area contributed by atoms with Gasteiger partial charge in [-0.15, -0.1) is 6.42 Å². The van der Waals surface area contributed by atoms with E-state index in [0.29, 0.717) is 30.6 Å². The van der Waals surface area contributed by atoms with Gasteiger partial charge in [-0.2, -0.15) is 4.39 Å². The fourth-order valence-corrected chi connectivity index (χ4v) is 4.87. The van der Waals surface area contributed by atoms with Gasteiger partial charge in [-0.3, -0.25) is 9.59 Å². The summed E-state index contributed by atoms with van der Waals surface area (Å²) in [7, 11) is 0. The molecule has 0 spiro atoms. The Kier molecular flexibility index (Phi) is 11.8. The predicted molar refractivity (Wildman–Crippen MR) is 169 cm³/mol. The second-order valence-corrected chi connectivity index (χ2v) is 10.6. The number of hydrogen-bond donors (Lipinski definition) is 0. The van der Waals surface area contributed by atoms with Crippen LogP contribution in [0.25, 0.3) is 22.3 Å².